The van der Waals surface area contributed by atoms with Crippen molar-refractivity contribution in [1.82, 2.24) is 0 Å². The summed E-state index contributed by atoms with van der Waals surface area (Å²) in [5.74, 6) is 0.908. The van der Waals surface area contributed by atoms with Gasteiger partial charge in [-0.1, -0.05) is 30.3 Å². The minimum atomic E-state index is -3.36. The second kappa shape index (κ2) is 8.09. The third-order valence-corrected chi connectivity index (χ3v) is 5.00. The Bertz CT molecular complexity index is 533. The quantitative estimate of drug-likeness (QED) is 0.721. The fraction of sp³-hybridized carbons (Fsp3) is 0.647. The van der Waals surface area contributed by atoms with Crippen LogP contribution in [0.15, 0.2) is 30.3 Å². The number of hydrogen-bond donors (Lipinski definition) is 0. The highest BCUT2D eigenvalue weighted by Gasteiger charge is 2.27. The Morgan fingerprint density at radius 1 is 1.14 bits per heavy atom. The zero-order valence-corrected chi connectivity index (χ0v) is 14.2. The topological polar surface area (TPSA) is 52.6 Å². The average Bonchev–Trinajstić information content (AvgIpc) is 2.47. The van der Waals surface area contributed by atoms with E-state index < -0.39 is 10.1 Å². The maximum absolute atomic E-state index is 11.2. The van der Waals surface area contributed by atoms with E-state index in [2.05, 4.69) is 12.1 Å². The van der Waals surface area contributed by atoms with E-state index in [4.69, 9.17) is 8.92 Å². The van der Waals surface area contributed by atoms with Gasteiger partial charge in [-0.15, -0.1) is 0 Å². The number of ether oxygens (including phenoxy) is 1. The van der Waals surface area contributed by atoms with Crippen LogP contribution in [0.1, 0.15) is 38.2 Å². The smallest absolute Gasteiger partial charge is 0.264 e. The molecule has 0 saturated heterocycles. The van der Waals surface area contributed by atoms with Crippen molar-refractivity contribution < 1.29 is 17.3 Å². The lowest BCUT2D eigenvalue weighted by Gasteiger charge is -2.31. The second-order valence-corrected chi connectivity index (χ2v) is 7.89. The molecule has 0 heterocycles. The molecule has 1 saturated carbocycles. The molecule has 1 atom stereocenters. The molecule has 2 rings (SSSR count). The van der Waals surface area contributed by atoms with Gasteiger partial charge in [0, 0.05) is 6.61 Å². The van der Waals surface area contributed by atoms with Crippen molar-refractivity contribution in [1.29, 1.82) is 0 Å². The maximum Gasteiger partial charge on any atom is 0.264 e. The second-order valence-electron chi connectivity index (χ2n) is 6.29. The third kappa shape index (κ3) is 6.07. The predicted molar refractivity (Wildman–Crippen MR) is 86.9 cm³/mol. The molecule has 1 aliphatic rings. The van der Waals surface area contributed by atoms with Gasteiger partial charge in [-0.25, -0.2) is 0 Å². The van der Waals surface area contributed by atoms with Gasteiger partial charge >= 0.3 is 0 Å². The van der Waals surface area contributed by atoms with E-state index >= 15 is 0 Å². The van der Waals surface area contributed by atoms with Gasteiger partial charge in [-0.05, 0) is 50.0 Å². The molecule has 0 amide bonds. The summed E-state index contributed by atoms with van der Waals surface area (Å²) in [7, 11) is -3.36. The molecule has 4 nitrogen and oxygen atoms in total. The molecule has 1 fully saturated rings. The van der Waals surface area contributed by atoms with Gasteiger partial charge in [-0.3, -0.25) is 4.18 Å². The molecule has 0 aliphatic heterocycles. The van der Waals surface area contributed by atoms with Crippen LogP contribution in [0, 0.1) is 11.8 Å². The zero-order chi connectivity index (χ0) is 16.0. The van der Waals surface area contributed by atoms with Crippen molar-refractivity contribution in [3.8, 4) is 0 Å². The summed E-state index contributed by atoms with van der Waals surface area (Å²) >= 11 is 0. The minimum absolute atomic E-state index is 0.221. The lowest BCUT2D eigenvalue weighted by molar-refractivity contribution is 0.0508. The van der Waals surface area contributed by atoms with Crippen molar-refractivity contribution in [2.24, 2.45) is 11.8 Å². The van der Waals surface area contributed by atoms with Gasteiger partial charge < -0.3 is 4.74 Å². The molecular weight excluding hydrogens is 300 g/mol. The molecule has 0 radical (unpaired) electrons. The van der Waals surface area contributed by atoms with Crippen molar-refractivity contribution >= 4 is 10.1 Å². The standard InChI is InChI=1S/C17H26O4S/c1-14(21-22(2,18)19)17-10-8-16(9-11-17)13-20-12-15-6-4-3-5-7-15/h3-7,14,16-17H,8-13H2,1-2H3. The molecule has 1 unspecified atom stereocenters. The van der Waals surface area contributed by atoms with E-state index in [1.807, 2.05) is 25.1 Å². The normalized spacial score (nSPS) is 24.1. The van der Waals surface area contributed by atoms with Gasteiger partial charge in [0.2, 0.25) is 0 Å². The Balaban J connectivity index is 1.67. The van der Waals surface area contributed by atoms with Crippen LogP contribution in [0.4, 0.5) is 0 Å². The highest BCUT2D eigenvalue weighted by molar-refractivity contribution is 7.86. The van der Waals surface area contributed by atoms with E-state index in [0.717, 1.165) is 38.5 Å². The number of rotatable bonds is 7. The number of benzene rings is 1. The summed E-state index contributed by atoms with van der Waals surface area (Å²) < 4.78 is 33.3. The molecule has 1 aromatic rings. The first kappa shape index (κ1) is 17.4. The zero-order valence-electron chi connectivity index (χ0n) is 13.4. The SMILES string of the molecule is CC(OS(C)(=O)=O)C1CCC(COCc2ccccc2)CC1. The fourth-order valence-electron chi connectivity index (χ4n) is 3.10. The van der Waals surface area contributed by atoms with E-state index in [0.29, 0.717) is 18.4 Å². The lowest BCUT2D eigenvalue weighted by atomic mass is 9.80. The van der Waals surface area contributed by atoms with E-state index in [-0.39, 0.29) is 6.10 Å². The van der Waals surface area contributed by atoms with E-state index in [9.17, 15) is 8.42 Å². The summed E-state index contributed by atoms with van der Waals surface area (Å²) in [5.41, 5.74) is 1.20. The van der Waals surface area contributed by atoms with Gasteiger partial charge in [0.05, 0.1) is 19.0 Å². The highest BCUT2D eigenvalue weighted by Crippen LogP contribution is 2.32. The molecular formula is C17H26O4S. The summed E-state index contributed by atoms with van der Waals surface area (Å²) in [6, 6.07) is 10.2. The van der Waals surface area contributed by atoms with Gasteiger partial charge in [0.15, 0.2) is 0 Å². The summed E-state index contributed by atoms with van der Waals surface area (Å²) in [6.07, 6.45) is 5.08. The molecule has 0 spiro atoms. The van der Waals surface area contributed by atoms with E-state index in [1.54, 1.807) is 0 Å². The Labute approximate surface area is 134 Å². The van der Waals surface area contributed by atoms with Crippen molar-refractivity contribution in [2.45, 2.75) is 45.3 Å². The van der Waals surface area contributed by atoms with Crippen molar-refractivity contribution in [3.63, 3.8) is 0 Å². The van der Waals surface area contributed by atoms with Crippen LogP contribution in [0.25, 0.3) is 0 Å². The van der Waals surface area contributed by atoms with Crippen molar-refractivity contribution in [3.05, 3.63) is 35.9 Å². The molecule has 1 aromatic carbocycles. The maximum atomic E-state index is 11.2. The summed E-state index contributed by atoms with van der Waals surface area (Å²) in [5, 5.41) is 0. The monoisotopic (exact) mass is 326 g/mol. The van der Waals surface area contributed by atoms with Crippen LogP contribution < -0.4 is 0 Å². The number of hydrogen-bond acceptors (Lipinski definition) is 4. The van der Waals surface area contributed by atoms with Gasteiger partial charge in [-0.2, -0.15) is 8.42 Å². The third-order valence-electron chi connectivity index (χ3n) is 4.35. The van der Waals surface area contributed by atoms with Crippen LogP contribution in [0.2, 0.25) is 0 Å². The largest absolute Gasteiger partial charge is 0.376 e. The highest BCUT2D eigenvalue weighted by atomic mass is 32.2. The molecule has 5 heteroatoms. The van der Waals surface area contributed by atoms with Gasteiger partial charge in [0.25, 0.3) is 10.1 Å². The molecule has 0 N–H and O–H groups in total. The lowest BCUT2D eigenvalue weighted by Crippen LogP contribution is -2.28. The van der Waals surface area contributed by atoms with Gasteiger partial charge in [0.1, 0.15) is 0 Å². The fourth-order valence-corrected chi connectivity index (χ4v) is 3.80. The molecule has 0 bridgehead atoms. The molecule has 22 heavy (non-hydrogen) atoms. The Hall–Kier alpha value is -0.910. The van der Waals surface area contributed by atoms with Crippen LogP contribution in [-0.4, -0.2) is 27.4 Å². The van der Waals surface area contributed by atoms with Crippen LogP contribution in [0.5, 0.6) is 0 Å². The first-order chi connectivity index (χ1) is 10.4. The minimum Gasteiger partial charge on any atom is -0.376 e. The molecule has 1 aliphatic carbocycles. The van der Waals surface area contributed by atoms with Crippen LogP contribution >= 0.6 is 0 Å². The molecule has 124 valence electrons. The average molecular weight is 326 g/mol. The first-order valence-electron chi connectivity index (χ1n) is 7.94. The molecule has 0 aromatic heterocycles. The van der Waals surface area contributed by atoms with Crippen LogP contribution in [0.3, 0.4) is 0 Å². The van der Waals surface area contributed by atoms with Crippen molar-refractivity contribution in [2.75, 3.05) is 12.9 Å². The summed E-state index contributed by atoms with van der Waals surface area (Å²) in [6.45, 7) is 3.30. The van der Waals surface area contributed by atoms with E-state index in [1.165, 1.54) is 5.56 Å². The Morgan fingerprint density at radius 3 is 2.36 bits per heavy atom. The first-order valence-corrected chi connectivity index (χ1v) is 9.75. The van der Waals surface area contributed by atoms with Crippen LogP contribution in [-0.2, 0) is 25.6 Å². The summed E-state index contributed by atoms with van der Waals surface area (Å²) in [4.78, 5) is 0. The predicted octanol–water partition coefficient (Wildman–Crippen LogP) is 3.37. The Morgan fingerprint density at radius 2 is 1.77 bits per heavy atom. The Kier molecular flexibility index (Phi) is 6.41.